The lowest BCUT2D eigenvalue weighted by molar-refractivity contribution is -0.183. The normalized spacial score (nSPS) is 22.6. The molecule has 0 amide bonds. The Morgan fingerprint density at radius 3 is 2.35 bits per heavy atom. The summed E-state index contributed by atoms with van der Waals surface area (Å²) < 4.78 is 58.1. The summed E-state index contributed by atoms with van der Waals surface area (Å²) in [6, 6.07) is 11.4. The number of carbonyl (C=O) groups excluding carboxylic acids is 1. The van der Waals surface area contributed by atoms with E-state index in [1.807, 2.05) is 12.1 Å². The lowest BCUT2D eigenvalue weighted by atomic mass is 9.74. The van der Waals surface area contributed by atoms with Crippen molar-refractivity contribution in [2.24, 2.45) is 17.8 Å². The van der Waals surface area contributed by atoms with Gasteiger partial charge in [0.2, 0.25) is 0 Å². The summed E-state index contributed by atoms with van der Waals surface area (Å²) in [4.78, 5) is 15.3. The van der Waals surface area contributed by atoms with Crippen LogP contribution >= 0.6 is 0 Å². The molecule has 2 aliphatic heterocycles. The van der Waals surface area contributed by atoms with E-state index in [1.54, 1.807) is 20.3 Å². The number of piperidine rings is 1. The summed E-state index contributed by atoms with van der Waals surface area (Å²) in [5, 5.41) is 0. The number of hydrogen-bond donors (Lipinski definition) is 0. The van der Waals surface area contributed by atoms with Crippen molar-refractivity contribution in [3.8, 4) is 11.5 Å². The first-order chi connectivity index (χ1) is 17.6. The number of methoxy groups -OCH3 is 2. The van der Waals surface area contributed by atoms with Gasteiger partial charge in [0.15, 0.2) is 17.4 Å². The van der Waals surface area contributed by atoms with E-state index < -0.39 is 18.1 Å². The first kappa shape index (κ1) is 27.3. The summed E-state index contributed by atoms with van der Waals surface area (Å²) in [6.45, 7) is 5.99. The van der Waals surface area contributed by atoms with Crippen molar-refractivity contribution < 1.29 is 32.2 Å². The largest absolute Gasteiger partial charge is 0.493 e. The molecule has 0 bridgehead atoms. The summed E-state index contributed by atoms with van der Waals surface area (Å²) in [7, 11) is 3.22. The molecule has 5 nitrogen and oxygen atoms in total. The number of rotatable bonds is 8. The van der Waals surface area contributed by atoms with E-state index in [4.69, 9.17) is 14.2 Å². The Kier molecular flexibility index (Phi) is 8.36. The number of fused-ring (bicyclic) bond motifs is 3. The molecule has 4 atom stereocenters. The molecule has 0 aromatic heterocycles. The summed E-state index contributed by atoms with van der Waals surface area (Å²) in [5.74, 6) is -1.57. The van der Waals surface area contributed by atoms with E-state index in [0.717, 1.165) is 31.5 Å². The Hall–Kier alpha value is -2.74. The molecule has 0 unspecified atom stereocenters. The highest BCUT2D eigenvalue weighted by molar-refractivity contribution is 5.79. The number of benzene rings is 2. The van der Waals surface area contributed by atoms with Gasteiger partial charge in [0, 0.05) is 19.1 Å². The molecule has 0 radical (unpaired) electrons. The van der Waals surface area contributed by atoms with Crippen molar-refractivity contribution in [1.82, 2.24) is 4.90 Å². The Labute approximate surface area is 216 Å². The molecule has 0 spiro atoms. The van der Waals surface area contributed by atoms with Crippen molar-refractivity contribution in [2.75, 3.05) is 33.9 Å². The van der Waals surface area contributed by atoms with Gasteiger partial charge in [-0.1, -0.05) is 44.2 Å². The van der Waals surface area contributed by atoms with Crippen LogP contribution in [0.5, 0.6) is 11.5 Å². The van der Waals surface area contributed by atoms with Crippen LogP contribution in [0.15, 0.2) is 42.5 Å². The lowest BCUT2D eigenvalue weighted by Crippen LogP contribution is -2.47. The molecular weight excluding hydrogens is 483 g/mol. The van der Waals surface area contributed by atoms with Gasteiger partial charge in [-0.3, -0.25) is 9.69 Å². The molecule has 2 aromatic rings. The molecule has 4 rings (SSSR count). The third kappa shape index (κ3) is 6.06. The first-order valence-electron chi connectivity index (χ1n) is 12.9. The fraction of sp³-hybridized carbons (Fsp3) is 0.552. The highest BCUT2D eigenvalue weighted by Crippen LogP contribution is 2.46. The summed E-state index contributed by atoms with van der Waals surface area (Å²) in [6.07, 6.45) is -2.21. The van der Waals surface area contributed by atoms with Crippen LogP contribution in [0.4, 0.5) is 13.2 Å². The zero-order chi connectivity index (χ0) is 26.7. The molecule has 202 valence electrons. The van der Waals surface area contributed by atoms with Crippen LogP contribution in [-0.4, -0.2) is 51.0 Å². The van der Waals surface area contributed by atoms with Crippen molar-refractivity contribution >= 4 is 5.97 Å². The number of hydrogen-bond acceptors (Lipinski definition) is 5. The highest BCUT2D eigenvalue weighted by Gasteiger charge is 2.48. The van der Waals surface area contributed by atoms with Crippen LogP contribution < -0.4 is 9.47 Å². The number of esters is 1. The third-order valence-electron chi connectivity index (χ3n) is 7.68. The van der Waals surface area contributed by atoms with Crippen LogP contribution in [0.1, 0.15) is 55.3 Å². The topological polar surface area (TPSA) is 48.0 Å². The Bertz CT molecular complexity index is 1070. The SMILES string of the molecule is COc1cc2c(cc1OC)[C@@H]1C[C@H](COC(=O)[C@@H](c3ccccc3)C(F)(F)F)[C@H](CC(C)C)CN1CC2. The van der Waals surface area contributed by atoms with E-state index in [1.165, 1.54) is 29.8 Å². The van der Waals surface area contributed by atoms with Crippen LogP contribution in [0, 0.1) is 17.8 Å². The van der Waals surface area contributed by atoms with E-state index in [2.05, 4.69) is 18.7 Å². The quantitative estimate of drug-likeness (QED) is 0.390. The molecule has 8 heteroatoms. The van der Waals surface area contributed by atoms with Gasteiger partial charge in [0.05, 0.1) is 20.8 Å². The zero-order valence-corrected chi connectivity index (χ0v) is 21.9. The maximum absolute atomic E-state index is 13.9. The van der Waals surface area contributed by atoms with Gasteiger partial charge in [-0.15, -0.1) is 0 Å². The van der Waals surface area contributed by atoms with Gasteiger partial charge < -0.3 is 14.2 Å². The minimum Gasteiger partial charge on any atom is -0.493 e. The second-order valence-electron chi connectivity index (χ2n) is 10.6. The molecule has 1 fully saturated rings. The molecule has 1 saturated heterocycles. The minimum absolute atomic E-state index is 0.0252. The molecule has 0 N–H and O–H groups in total. The molecule has 2 aromatic carbocycles. The molecule has 2 heterocycles. The maximum Gasteiger partial charge on any atom is 0.406 e. The predicted molar refractivity (Wildman–Crippen MR) is 135 cm³/mol. The van der Waals surface area contributed by atoms with Crippen molar-refractivity contribution in [1.29, 1.82) is 0 Å². The number of carbonyl (C=O) groups is 1. The van der Waals surface area contributed by atoms with Crippen LogP contribution in [0.2, 0.25) is 0 Å². The monoisotopic (exact) mass is 519 g/mol. The average Bonchev–Trinajstić information content (AvgIpc) is 2.86. The number of ether oxygens (including phenoxy) is 3. The average molecular weight is 520 g/mol. The number of nitrogens with zero attached hydrogens (tertiary/aromatic N) is 1. The Morgan fingerprint density at radius 1 is 1.05 bits per heavy atom. The van der Waals surface area contributed by atoms with Gasteiger partial charge in [0.1, 0.15) is 0 Å². The molecule has 2 aliphatic rings. The standard InChI is InChI=1S/C29H36F3NO4/c1-18(2)12-21-16-33-11-10-20-14-25(35-3)26(36-4)15-23(20)24(33)13-22(21)17-37-28(34)27(29(30,31)32)19-8-6-5-7-9-19/h5-9,14-15,18,21-22,24,27H,10-13,16-17H2,1-4H3/t21-,22-,24+,27-/m1/s1. The summed E-state index contributed by atoms with van der Waals surface area (Å²) >= 11 is 0. The molecule has 37 heavy (non-hydrogen) atoms. The minimum atomic E-state index is -4.73. The zero-order valence-electron chi connectivity index (χ0n) is 21.9. The van der Waals surface area contributed by atoms with Gasteiger partial charge in [0.25, 0.3) is 0 Å². The van der Waals surface area contributed by atoms with E-state index >= 15 is 0 Å². The summed E-state index contributed by atoms with van der Waals surface area (Å²) in [5.41, 5.74) is 2.25. The van der Waals surface area contributed by atoms with Crippen molar-refractivity contribution in [3.63, 3.8) is 0 Å². The molecular formula is C29H36F3NO4. The number of halogens is 3. The molecule has 0 aliphatic carbocycles. The second kappa shape index (κ2) is 11.3. The van der Waals surface area contributed by atoms with E-state index in [9.17, 15) is 18.0 Å². The number of alkyl halides is 3. The van der Waals surface area contributed by atoms with Crippen LogP contribution in [-0.2, 0) is 16.0 Å². The second-order valence-corrected chi connectivity index (χ2v) is 10.6. The third-order valence-corrected chi connectivity index (χ3v) is 7.68. The van der Waals surface area contributed by atoms with Gasteiger partial charge in [-0.25, -0.2) is 0 Å². The molecule has 0 saturated carbocycles. The van der Waals surface area contributed by atoms with Gasteiger partial charge in [-0.05, 0) is 65.8 Å². The maximum atomic E-state index is 13.9. The highest BCUT2D eigenvalue weighted by atomic mass is 19.4. The van der Waals surface area contributed by atoms with E-state index in [-0.39, 0.29) is 30.0 Å². The predicted octanol–water partition coefficient (Wildman–Crippen LogP) is 6.17. The van der Waals surface area contributed by atoms with Crippen LogP contribution in [0.25, 0.3) is 0 Å². The lowest BCUT2D eigenvalue weighted by Gasteiger charge is -2.47. The first-order valence-corrected chi connectivity index (χ1v) is 12.9. The Balaban J connectivity index is 1.56. The van der Waals surface area contributed by atoms with Gasteiger partial charge >= 0.3 is 12.1 Å². The van der Waals surface area contributed by atoms with Crippen molar-refractivity contribution in [2.45, 2.75) is 51.2 Å². The van der Waals surface area contributed by atoms with E-state index in [0.29, 0.717) is 23.8 Å². The smallest absolute Gasteiger partial charge is 0.406 e. The van der Waals surface area contributed by atoms with Gasteiger partial charge in [-0.2, -0.15) is 13.2 Å². The fourth-order valence-corrected chi connectivity index (χ4v) is 5.96. The van der Waals surface area contributed by atoms with Crippen LogP contribution in [0.3, 0.4) is 0 Å². The van der Waals surface area contributed by atoms with Crippen molar-refractivity contribution in [3.05, 3.63) is 59.2 Å². The Morgan fingerprint density at radius 2 is 1.73 bits per heavy atom. The fourth-order valence-electron chi connectivity index (χ4n) is 5.96.